The third kappa shape index (κ3) is 3.23. The average molecular weight is 198 g/mol. The third-order valence-electron chi connectivity index (χ3n) is 3.19. The van der Waals surface area contributed by atoms with Crippen molar-refractivity contribution in [2.75, 3.05) is 26.2 Å². The molecular formula is C11H22N2O. The quantitative estimate of drug-likeness (QED) is 0.678. The van der Waals surface area contributed by atoms with Crippen LogP contribution in [0, 0.1) is 0 Å². The molecule has 2 aliphatic rings. The molecule has 82 valence electrons. The van der Waals surface area contributed by atoms with E-state index in [1.165, 1.54) is 38.8 Å². The van der Waals surface area contributed by atoms with E-state index < -0.39 is 0 Å². The lowest BCUT2D eigenvalue weighted by atomic mass is 10.1. The molecule has 1 unspecified atom stereocenters. The number of aliphatic hydroxyl groups is 1. The molecule has 0 spiro atoms. The zero-order valence-corrected chi connectivity index (χ0v) is 8.91. The molecule has 0 aromatic carbocycles. The highest BCUT2D eigenvalue weighted by Gasteiger charge is 2.27. The van der Waals surface area contributed by atoms with Crippen molar-refractivity contribution in [2.45, 2.75) is 44.2 Å². The van der Waals surface area contributed by atoms with E-state index in [0.29, 0.717) is 6.61 Å². The molecule has 2 rings (SSSR count). The number of nitrogens with one attached hydrogen (secondary N) is 1. The van der Waals surface area contributed by atoms with Gasteiger partial charge in [-0.3, -0.25) is 0 Å². The molecule has 0 aromatic heterocycles. The Balaban J connectivity index is 1.66. The van der Waals surface area contributed by atoms with E-state index in [1.54, 1.807) is 0 Å². The summed E-state index contributed by atoms with van der Waals surface area (Å²) in [6.45, 7) is 3.82. The lowest BCUT2D eigenvalue weighted by Crippen LogP contribution is -2.46. The minimum atomic E-state index is 0.331. The van der Waals surface area contributed by atoms with E-state index in [2.05, 4.69) is 10.2 Å². The number of hydrogen-bond acceptors (Lipinski definition) is 3. The van der Waals surface area contributed by atoms with Gasteiger partial charge in [-0.15, -0.1) is 0 Å². The molecule has 3 nitrogen and oxygen atoms in total. The van der Waals surface area contributed by atoms with Crippen molar-refractivity contribution in [3.63, 3.8) is 0 Å². The van der Waals surface area contributed by atoms with Gasteiger partial charge in [-0.2, -0.15) is 0 Å². The molecule has 2 N–H and O–H groups in total. The van der Waals surface area contributed by atoms with Gasteiger partial charge in [-0.25, -0.2) is 0 Å². The zero-order chi connectivity index (χ0) is 9.80. The van der Waals surface area contributed by atoms with Gasteiger partial charge in [-0.1, -0.05) is 0 Å². The molecule has 0 aromatic rings. The molecule has 0 amide bonds. The molecule has 0 bridgehead atoms. The van der Waals surface area contributed by atoms with Gasteiger partial charge in [0.05, 0.1) is 0 Å². The van der Waals surface area contributed by atoms with Gasteiger partial charge in [-0.05, 0) is 38.6 Å². The number of hydrogen-bond donors (Lipinski definition) is 2. The van der Waals surface area contributed by atoms with Gasteiger partial charge in [0.25, 0.3) is 0 Å². The first-order valence-corrected chi connectivity index (χ1v) is 5.98. The Hall–Kier alpha value is -0.120. The molecule has 1 aliphatic heterocycles. The van der Waals surface area contributed by atoms with E-state index in [0.717, 1.165) is 25.0 Å². The van der Waals surface area contributed by atoms with Gasteiger partial charge in [0.1, 0.15) is 0 Å². The summed E-state index contributed by atoms with van der Waals surface area (Å²) in [6, 6.07) is 1.55. The van der Waals surface area contributed by atoms with E-state index in [1.807, 2.05) is 0 Å². The predicted molar refractivity (Wildman–Crippen MR) is 57.3 cm³/mol. The predicted octanol–water partition coefficient (Wildman–Crippen LogP) is 0.585. The molecule has 1 aliphatic carbocycles. The lowest BCUT2D eigenvalue weighted by molar-refractivity contribution is 0.171. The Morgan fingerprint density at radius 3 is 2.79 bits per heavy atom. The van der Waals surface area contributed by atoms with E-state index in [9.17, 15) is 0 Å². The summed E-state index contributed by atoms with van der Waals surface area (Å²) in [4.78, 5) is 2.49. The topological polar surface area (TPSA) is 35.5 Å². The SMILES string of the molecule is OCCCN1CCCC(NC2CC2)C1. The molecule has 1 atom stereocenters. The van der Waals surface area contributed by atoms with Gasteiger partial charge in [0.2, 0.25) is 0 Å². The second-order valence-corrected chi connectivity index (χ2v) is 4.66. The van der Waals surface area contributed by atoms with Crippen LogP contribution in [0.25, 0.3) is 0 Å². The van der Waals surface area contributed by atoms with Crippen molar-refractivity contribution < 1.29 is 5.11 Å². The summed E-state index contributed by atoms with van der Waals surface area (Å²) in [7, 11) is 0. The first kappa shape index (κ1) is 10.4. The molecular weight excluding hydrogens is 176 g/mol. The number of rotatable bonds is 5. The summed E-state index contributed by atoms with van der Waals surface area (Å²) in [5, 5.41) is 12.5. The average Bonchev–Trinajstić information content (AvgIpc) is 2.99. The Morgan fingerprint density at radius 1 is 1.21 bits per heavy atom. The summed E-state index contributed by atoms with van der Waals surface area (Å²) < 4.78 is 0. The number of piperidine rings is 1. The minimum Gasteiger partial charge on any atom is -0.396 e. The fourth-order valence-electron chi connectivity index (χ4n) is 2.27. The molecule has 2 fully saturated rings. The van der Waals surface area contributed by atoms with Crippen LogP contribution in [-0.4, -0.2) is 48.3 Å². The second-order valence-electron chi connectivity index (χ2n) is 4.66. The van der Waals surface area contributed by atoms with Crippen LogP contribution in [0.4, 0.5) is 0 Å². The van der Waals surface area contributed by atoms with E-state index in [4.69, 9.17) is 5.11 Å². The van der Waals surface area contributed by atoms with Crippen LogP contribution in [0.15, 0.2) is 0 Å². The highest BCUT2D eigenvalue weighted by atomic mass is 16.3. The van der Waals surface area contributed by atoms with Crippen molar-refractivity contribution in [1.82, 2.24) is 10.2 Å². The van der Waals surface area contributed by atoms with Crippen LogP contribution in [0.3, 0.4) is 0 Å². The smallest absolute Gasteiger partial charge is 0.0443 e. The van der Waals surface area contributed by atoms with Crippen molar-refractivity contribution in [3.8, 4) is 0 Å². The fourth-order valence-corrected chi connectivity index (χ4v) is 2.27. The molecule has 1 heterocycles. The van der Waals surface area contributed by atoms with Crippen LogP contribution in [-0.2, 0) is 0 Å². The molecule has 0 radical (unpaired) electrons. The molecule has 1 saturated carbocycles. The maximum atomic E-state index is 8.78. The second kappa shape index (κ2) is 5.10. The number of nitrogens with zero attached hydrogens (tertiary/aromatic N) is 1. The van der Waals surface area contributed by atoms with Gasteiger partial charge >= 0.3 is 0 Å². The summed E-state index contributed by atoms with van der Waals surface area (Å²) >= 11 is 0. The normalized spacial score (nSPS) is 29.4. The first-order valence-electron chi connectivity index (χ1n) is 5.98. The van der Waals surface area contributed by atoms with Crippen LogP contribution < -0.4 is 5.32 Å². The van der Waals surface area contributed by atoms with Crippen LogP contribution in [0.2, 0.25) is 0 Å². The highest BCUT2D eigenvalue weighted by molar-refractivity contribution is 4.87. The van der Waals surface area contributed by atoms with Crippen molar-refractivity contribution in [2.24, 2.45) is 0 Å². The van der Waals surface area contributed by atoms with Crippen LogP contribution >= 0.6 is 0 Å². The van der Waals surface area contributed by atoms with Crippen molar-refractivity contribution in [3.05, 3.63) is 0 Å². The van der Waals surface area contributed by atoms with E-state index >= 15 is 0 Å². The maximum Gasteiger partial charge on any atom is 0.0443 e. The van der Waals surface area contributed by atoms with Gasteiger partial charge < -0.3 is 15.3 Å². The first-order chi connectivity index (χ1) is 6.88. The Bertz CT molecular complexity index is 171. The minimum absolute atomic E-state index is 0.331. The van der Waals surface area contributed by atoms with Crippen molar-refractivity contribution >= 4 is 0 Å². The number of likely N-dealkylation sites (tertiary alicyclic amines) is 1. The summed E-state index contributed by atoms with van der Waals surface area (Å²) in [5.74, 6) is 0. The van der Waals surface area contributed by atoms with Crippen molar-refractivity contribution in [1.29, 1.82) is 0 Å². The third-order valence-corrected chi connectivity index (χ3v) is 3.19. The fraction of sp³-hybridized carbons (Fsp3) is 1.00. The standard InChI is InChI=1S/C11H22N2O/c14-8-2-7-13-6-1-3-11(9-13)12-10-4-5-10/h10-12,14H,1-9H2. The zero-order valence-electron chi connectivity index (χ0n) is 8.91. The Labute approximate surface area is 86.5 Å². The monoisotopic (exact) mass is 198 g/mol. The maximum absolute atomic E-state index is 8.78. The Kier molecular flexibility index (Phi) is 3.79. The van der Waals surface area contributed by atoms with Gasteiger partial charge in [0.15, 0.2) is 0 Å². The molecule has 3 heteroatoms. The van der Waals surface area contributed by atoms with E-state index in [-0.39, 0.29) is 0 Å². The molecule has 1 saturated heterocycles. The van der Waals surface area contributed by atoms with Crippen LogP contribution in [0.5, 0.6) is 0 Å². The number of aliphatic hydroxyl groups excluding tert-OH is 1. The van der Waals surface area contributed by atoms with Crippen LogP contribution in [0.1, 0.15) is 32.1 Å². The molecule has 14 heavy (non-hydrogen) atoms. The lowest BCUT2D eigenvalue weighted by Gasteiger charge is -2.33. The summed E-state index contributed by atoms with van der Waals surface area (Å²) in [5.41, 5.74) is 0. The Morgan fingerprint density at radius 2 is 2.07 bits per heavy atom. The largest absolute Gasteiger partial charge is 0.396 e. The van der Waals surface area contributed by atoms with Gasteiger partial charge in [0, 0.05) is 31.8 Å². The summed E-state index contributed by atoms with van der Waals surface area (Å²) in [6.07, 6.45) is 6.35. The highest BCUT2D eigenvalue weighted by Crippen LogP contribution is 2.21.